The van der Waals surface area contributed by atoms with Gasteiger partial charge in [-0.05, 0) is 32.9 Å². The number of hydrogen-bond acceptors (Lipinski definition) is 8. The molecule has 130 valence electrons. The molecule has 0 bridgehead atoms. The van der Waals surface area contributed by atoms with E-state index < -0.39 is 0 Å². The lowest BCUT2D eigenvalue weighted by molar-refractivity contribution is 0.604. The van der Waals surface area contributed by atoms with E-state index in [0.29, 0.717) is 29.3 Å². The van der Waals surface area contributed by atoms with Gasteiger partial charge in [-0.3, -0.25) is 0 Å². The van der Waals surface area contributed by atoms with Gasteiger partial charge in [0.1, 0.15) is 11.3 Å². The quantitative estimate of drug-likeness (QED) is 0.448. The Bertz CT molecular complexity index is 830. The average molecular weight is 339 g/mol. The lowest BCUT2D eigenvalue weighted by Gasteiger charge is -2.08. The summed E-state index contributed by atoms with van der Waals surface area (Å²) < 4.78 is 5.79. The van der Waals surface area contributed by atoms with Crippen molar-refractivity contribution in [1.82, 2.24) is 15.0 Å². The first-order valence-electron chi connectivity index (χ1n) is 8.22. The van der Waals surface area contributed by atoms with E-state index in [4.69, 9.17) is 4.42 Å². The summed E-state index contributed by atoms with van der Waals surface area (Å²) in [6, 6.07) is 9.80. The standard InChI is InChI=1S/C17H21N7O/c1-4-18-15-20-16(19-5-2)22-17(21-15)24-23-11(3)14-10-12-8-6-7-9-13(12)25-14/h6-10H,4-5H2,1-3H3,(H3,18,19,20,21,22,24)/b23-11+. The minimum atomic E-state index is 0.359. The monoisotopic (exact) mass is 339 g/mol. The predicted molar refractivity (Wildman–Crippen MR) is 100 cm³/mol. The summed E-state index contributed by atoms with van der Waals surface area (Å²) in [6.45, 7) is 7.26. The van der Waals surface area contributed by atoms with Crippen molar-refractivity contribution in [2.45, 2.75) is 20.8 Å². The van der Waals surface area contributed by atoms with Gasteiger partial charge in [0.2, 0.25) is 17.8 Å². The van der Waals surface area contributed by atoms with Crippen LogP contribution < -0.4 is 16.1 Å². The zero-order valence-corrected chi connectivity index (χ0v) is 14.5. The van der Waals surface area contributed by atoms with E-state index in [1.165, 1.54) is 0 Å². The summed E-state index contributed by atoms with van der Waals surface area (Å²) in [5.74, 6) is 2.04. The van der Waals surface area contributed by atoms with Gasteiger partial charge in [-0.1, -0.05) is 18.2 Å². The number of nitrogens with one attached hydrogen (secondary N) is 3. The lowest BCUT2D eigenvalue weighted by atomic mass is 10.2. The number of nitrogens with zero attached hydrogens (tertiary/aromatic N) is 4. The van der Waals surface area contributed by atoms with Crippen molar-refractivity contribution in [3.05, 3.63) is 36.1 Å². The number of hydrazone groups is 1. The molecule has 0 atom stereocenters. The van der Waals surface area contributed by atoms with Crippen molar-refractivity contribution in [3.63, 3.8) is 0 Å². The van der Waals surface area contributed by atoms with E-state index in [1.54, 1.807) is 0 Å². The van der Waals surface area contributed by atoms with Gasteiger partial charge in [-0.15, -0.1) is 0 Å². The Labute approximate surface area is 145 Å². The first kappa shape index (κ1) is 16.7. The van der Waals surface area contributed by atoms with E-state index in [9.17, 15) is 0 Å². The molecule has 0 aliphatic carbocycles. The SMILES string of the molecule is CCNc1nc(NCC)nc(N/N=C(\C)c2cc3ccccc3o2)n1. The minimum Gasteiger partial charge on any atom is -0.455 e. The fourth-order valence-electron chi connectivity index (χ4n) is 2.25. The number of aromatic nitrogens is 3. The van der Waals surface area contributed by atoms with Gasteiger partial charge in [-0.25, -0.2) is 5.43 Å². The Kier molecular flexibility index (Phi) is 5.08. The first-order valence-corrected chi connectivity index (χ1v) is 8.22. The second-order valence-corrected chi connectivity index (χ2v) is 5.32. The van der Waals surface area contributed by atoms with Crippen LogP contribution in [-0.2, 0) is 0 Å². The van der Waals surface area contributed by atoms with Crippen LogP contribution in [0.4, 0.5) is 17.8 Å². The van der Waals surface area contributed by atoms with Crippen molar-refractivity contribution in [3.8, 4) is 0 Å². The second-order valence-electron chi connectivity index (χ2n) is 5.32. The number of furan rings is 1. The predicted octanol–water partition coefficient (Wildman–Crippen LogP) is 3.32. The molecule has 0 saturated carbocycles. The second kappa shape index (κ2) is 7.61. The fraction of sp³-hybridized carbons (Fsp3) is 0.294. The molecule has 0 fully saturated rings. The van der Waals surface area contributed by atoms with Gasteiger partial charge < -0.3 is 15.1 Å². The topological polar surface area (TPSA) is 100 Å². The summed E-state index contributed by atoms with van der Waals surface area (Å²) >= 11 is 0. The third kappa shape index (κ3) is 4.03. The Hall–Kier alpha value is -3.16. The molecule has 2 aromatic heterocycles. The van der Waals surface area contributed by atoms with Crippen LogP contribution in [0.3, 0.4) is 0 Å². The van der Waals surface area contributed by atoms with E-state index in [2.05, 4.69) is 36.1 Å². The Morgan fingerprint density at radius 2 is 1.64 bits per heavy atom. The van der Waals surface area contributed by atoms with E-state index in [0.717, 1.165) is 24.1 Å². The summed E-state index contributed by atoms with van der Waals surface area (Å²) in [4.78, 5) is 12.9. The van der Waals surface area contributed by atoms with Crippen LogP contribution in [0.2, 0.25) is 0 Å². The molecule has 0 amide bonds. The van der Waals surface area contributed by atoms with Crippen LogP contribution in [0.15, 0.2) is 39.9 Å². The highest BCUT2D eigenvalue weighted by Crippen LogP contribution is 2.19. The number of hydrogen-bond donors (Lipinski definition) is 3. The van der Waals surface area contributed by atoms with Gasteiger partial charge in [-0.2, -0.15) is 20.1 Å². The highest BCUT2D eigenvalue weighted by molar-refractivity contribution is 6.00. The highest BCUT2D eigenvalue weighted by Gasteiger charge is 2.08. The lowest BCUT2D eigenvalue weighted by Crippen LogP contribution is -2.11. The normalized spacial score (nSPS) is 11.6. The van der Waals surface area contributed by atoms with Crippen molar-refractivity contribution in [2.24, 2.45) is 5.10 Å². The van der Waals surface area contributed by atoms with Crippen LogP contribution in [0.5, 0.6) is 0 Å². The van der Waals surface area contributed by atoms with Crippen molar-refractivity contribution in [1.29, 1.82) is 0 Å². The van der Waals surface area contributed by atoms with Crippen LogP contribution in [0.1, 0.15) is 26.5 Å². The third-order valence-electron chi connectivity index (χ3n) is 3.41. The first-order chi connectivity index (χ1) is 12.2. The van der Waals surface area contributed by atoms with Crippen molar-refractivity contribution >= 4 is 34.5 Å². The summed E-state index contributed by atoms with van der Waals surface area (Å²) in [6.07, 6.45) is 0. The molecule has 0 saturated heterocycles. The maximum atomic E-state index is 5.79. The van der Waals surface area contributed by atoms with Gasteiger partial charge in [0, 0.05) is 18.5 Å². The molecule has 3 N–H and O–H groups in total. The maximum absolute atomic E-state index is 5.79. The molecule has 0 unspecified atom stereocenters. The van der Waals surface area contributed by atoms with Crippen molar-refractivity contribution in [2.75, 3.05) is 29.1 Å². The minimum absolute atomic E-state index is 0.359. The molecule has 3 aromatic rings. The molecule has 3 rings (SSSR count). The molecule has 25 heavy (non-hydrogen) atoms. The van der Waals surface area contributed by atoms with E-state index >= 15 is 0 Å². The van der Waals surface area contributed by atoms with E-state index in [1.807, 2.05) is 51.1 Å². The van der Waals surface area contributed by atoms with Crippen LogP contribution in [0.25, 0.3) is 11.0 Å². The highest BCUT2D eigenvalue weighted by atomic mass is 16.3. The Morgan fingerprint density at radius 3 is 2.28 bits per heavy atom. The van der Waals surface area contributed by atoms with Crippen molar-refractivity contribution < 1.29 is 4.42 Å². The molecule has 8 heteroatoms. The van der Waals surface area contributed by atoms with Gasteiger partial charge >= 0.3 is 0 Å². The summed E-state index contributed by atoms with van der Waals surface area (Å²) in [5, 5.41) is 11.5. The molecule has 0 radical (unpaired) electrons. The zero-order chi connectivity index (χ0) is 17.6. The third-order valence-corrected chi connectivity index (χ3v) is 3.41. The Morgan fingerprint density at radius 1 is 1.00 bits per heavy atom. The van der Waals surface area contributed by atoms with Crippen LogP contribution >= 0.6 is 0 Å². The van der Waals surface area contributed by atoms with Crippen LogP contribution in [-0.4, -0.2) is 33.8 Å². The molecule has 0 aliphatic heterocycles. The Balaban J connectivity index is 1.81. The van der Waals surface area contributed by atoms with E-state index in [-0.39, 0.29) is 0 Å². The summed E-state index contributed by atoms with van der Waals surface area (Å²) in [5.41, 5.74) is 4.40. The number of fused-ring (bicyclic) bond motifs is 1. The van der Waals surface area contributed by atoms with Crippen LogP contribution in [0, 0.1) is 0 Å². The molecule has 2 heterocycles. The summed E-state index contributed by atoms with van der Waals surface area (Å²) in [7, 11) is 0. The van der Waals surface area contributed by atoms with Gasteiger partial charge in [0.25, 0.3) is 0 Å². The zero-order valence-electron chi connectivity index (χ0n) is 14.5. The van der Waals surface area contributed by atoms with Gasteiger partial charge in [0.05, 0.1) is 0 Å². The number of anilines is 3. The largest absolute Gasteiger partial charge is 0.455 e. The molecular weight excluding hydrogens is 318 g/mol. The number of rotatable bonds is 7. The molecule has 0 aliphatic rings. The molecular formula is C17H21N7O. The van der Waals surface area contributed by atoms with Gasteiger partial charge in [0.15, 0.2) is 5.76 Å². The smallest absolute Gasteiger partial charge is 0.250 e. The molecule has 1 aromatic carbocycles. The number of benzene rings is 1. The average Bonchev–Trinajstić information content (AvgIpc) is 3.04. The fourth-order valence-corrected chi connectivity index (χ4v) is 2.25. The molecule has 8 nitrogen and oxygen atoms in total. The molecule has 0 spiro atoms. The number of para-hydroxylation sites is 1. The maximum Gasteiger partial charge on any atom is 0.250 e.